The summed E-state index contributed by atoms with van der Waals surface area (Å²) in [5, 5.41) is 15.2. The van der Waals surface area contributed by atoms with Crippen molar-refractivity contribution in [3.8, 4) is 6.07 Å². The molecule has 4 fully saturated rings. The van der Waals surface area contributed by atoms with Crippen LogP contribution in [0.4, 0.5) is 11.4 Å². The largest absolute Gasteiger partial charge is 0.374 e. The van der Waals surface area contributed by atoms with Gasteiger partial charge in [-0.15, -0.1) is 0 Å². The predicted molar refractivity (Wildman–Crippen MR) is 119 cm³/mol. The lowest BCUT2D eigenvalue weighted by Crippen LogP contribution is -2.48. The van der Waals surface area contributed by atoms with E-state index in [1.54, 1.807) is 24.3 Å². The van der Waals surface area contributed by atoms with E-state index in [9.17, 15) is 4.79 Å². The topological polar surface area (TPSA) is 64.9 Å². The van der Waals surface area contributed by atoms with Crippen LogP contribution in [0.25, 0.3) is 0 Å². The molecule has 0 heterocycles. The summed E-state index contributed by atoms with van der Waals surface area (Å²) in [6.07, 6.45) is 8.49. The molecule has 0 radical (unpaired) electrons. The van der Waals surface area contributed by atoms with Gasteiger partial charge in [-0.2, -0.15) is 5.26 Å². The van der Waals surface area contributed by atoms with E-state index in [4.69, 9.17) is 5.26 Å². The van der Waals surface area contributed by atoms with Gasteiger partial charge in [-0.25, -0.2) is 0 Å². The Labute approximate surface area is 178 Å². The number of hydrogen-bond donors (Lipinski definition) is 2. The summed E-state index contributed by atoms with van der Waals surface area (Å²) in [6, 6.07) is 17.5. The molecule has 4 aliphatic carbocycles. The number of carbonyl (C=O) groups excluding carboxylic acids is 1. The maximum atomic E-state index is 12.6. The molecule has 0 spiro atoms. The number of hydrogen-bond acceptors (Lipinski definition) is 3. The summed E-state index contributed by atoms with van der Waals surface area (Å²) in [6.45, 7) is 1.86. The van der Waals surface area contributed by atoms with Crippen molar-refractivity contribution < 1.29 is 4.79 Å². The van der Waals surface area contributed by atoms with Crippen LogP contribution in [0.3, 0.4) is 0 Å². The summed E-state index contributed by atoms with van der Waals surface area (Å²) in [7, 11) is 0. The fraction of sp³-hybridized carbons (Fsp3) is 0.462. The molecule has 30 heavy (non-hydrogen) atoms. The Morgan fingerprint density at radius 3 is 2.23 bits per heavy atom. The average molecular weight is 400 g/mol. The standard InChI is InChI=1S/C26H29N3O/c1-17(25(30)29-24-4-2-3-18(12-24)16-27)28-23-7-5-22(6-8-23)26-13-19-9-20(14-26)11-21(10-19)15-26/h2-8,12,17,19-21,28H,9-11,13-15H2,1H3,(H,29,30)/t17-,19?,20?,21?,26?/m1/s1. The molecular formula is C26H29N3O. The minimum Gasteiger partial charge on any atom is -0.374 e. The van der Waals surface area contributed by atoms with Gasteiger partial charge in [0, 0.05) is 11.4 Å². The third-order valence-corrected chi connectivity index (χ3v) is 7.57. The zero-order chi connectivity index (χ0) is 20.7. The molecule has 1 amide bonds. The minimum atomic E-state index is -0.374. The second-order valence-electron chi connectivity index (χ2n) is 9.82. The van der Waals surface area contributed by atoms with Crippen LogP contribution in [0.2, 0.25) is 0 Å². The van der Waals surface area contributed by atoms with Gasteiger partial charge in [-0.1, -0.05) is 18.2 Å². The number of nitrogens with one attached hydrogen (secondary N) is 2. The van der Waals surface area contributed by atoms with Gasteiger partial charge in [0.25, 0.3) is 0 Å². The lowest BCUT2D eigenvalue weighted by Gasteiger charge is -2.57. The smallest absolute Gasteiger partial charge is 0.246 e. The first-order valence-electron chi connectivity index (χ1n) is 11.2. The summed E-state index contributed by atoms with van der Waals surface area (Å²) < 4.78 is 0. The molecule has 6 rings (SSSR count). The van der Waals surface area contributed by atoms with E-state index >= 15 is 0 Å². The lowest BCUT2D eigenvalue weighted by atomic mass is 9.48. The van der Waals surface area contributed by atoms with Gasteiger partial charge in [0.05, 0.1) is 11.6 Å². The van der Waals surface area contributed by atoms with Crippen LogP contribution in [0.15, 0.2) is 48.5 Å². The van der Waals surface area contributed by atoms with Gasteiger partial charge in [-0.05, 0) is 105 Å². The number of amides is 1. The average Bonchev–Trinajstić information content (AvgIpc) is 2.73. The van der Waals surface area contributed by atoms with Crippen LogP contribution in [-0.2, 0) is 10.2 Å². The van der Waals surface area contributed by atoms with E-state index in [1.165, 1.54) is 44.1 Å². The zero-order valence-corrected chi connectivity index (χ0v) is 17.5. The number of nitrogens with zero attached hydrogens (tertiary/aromatic N) is 1. The fourth-order valence-corrected chi connectivity index (χ4v) is 6.62. The predicted octanol–water partition coefficient (Wildman–Crippen LogP) is 5.47. The maximum absolute atomic E-state index is 12.6. The maximum Gasteiger partial charge on any atom is 0.246 e. The van der Waals surface area contributed by atoms with Crippen molar-refractivity contribution in [2.75, 3.05) is 10.6 Å². The van der Waals surface area contributed by atoms with Crippen molar-refractivity contribution in [2.45, 2.75) is 56.9 Å². The Balaban J connectivity index is 1.24. The molecule has 4 heteroatoms. The summed E-state index contributed by atoms with van der Waals surface area (Å²) >= 11 is 0. The number of nitriles is 1. The monoisotopic (exact) mass is 399 g/mol. The van der Waals surface area contributed by atoms with E-state index in [1.807, 2.05) is 6.92 Å². The highest BCUT2D eigenvalue weighted by atomic mass is 16.2. The van der Waals surface area contributed by atoms with Crippen LogP contribution in [0, 0.1) is 29.1 Å². The number of anilines is 2. The highest BCUT2D eigenvalue weighted by molar-refractivity contribution is 5.96. The van der Waals surface area contributed by atoms with Gasteiger partial charge in [-0.3, -0.25) is 4.79 Å². The fourth-order valence-electron chi connectivity index (χ4n) is 6.62. The summed E-state index contributed by atoms with van der Waals surface area (Å²) in [4.78, 5) is 12.6. The molecule has 4 aliphatic rings. The number of carbonyl (C=O) groups is 1. The molecule has 154 valence electrons. The summed E-state index contributed by atoms with van der Waals surface area (Å²) in [5.74, 6) is 2.71. The van der Waals surface area contributed by atoms with Crippen LogP contribution < -0.4 is 10.6 Å². The molecule has 2 aromatic carbocycles. The molecule has 0 aliphatic heterocycles. The molecule has 0 aromatic heterocycles. The van der Waals surface area contributed by atoms with Crippen LogP contribution in [0.5, 0.6) is 0 Å². The lowest BCUT2D eigenvalue weighted by molar-refractivity contribution is -0.116. The van der Waals surface area contributed by atoms with E-state index in [2.05, 4.69) is 41.0 Å². The minimum absolute atomic E-state index is 0.116. The Morgan fingerprint density at radius 2 is 1.63 bits per heavy atom. The van der Waals surface area contributed by atoms with E-state index < -0.39 is 0 Å². The molecule has 4 nitrogen and oxygen atoms in total. The van der Waals surface area contributed by atoms with Gasteiger partial charge in [0.15, 0.2) is 0 Å². The molecule has 2 N–H and O–H groups in total. The van der Waals surface area contributed by atoms with E-state index in [0.29, 0.717) is 16.7 Å². The molecule has 4 bridgehead atoms. The first-order valence-corrected chi connectivity index (χ1v) is 11.2. The molecule has 0 unspecified atom stereocenters. The SMILES string of the molecule is C[C@@H](Nc1ccc(C23CC4CC(CC(C4)C2)C3)cc1)C(=O)Nc1cccc(C#N)c1. The second kappa shape index (κ2) is 7.47. The molecule has 4 saturated carbocycles. The Morgan fingerprint density at radius 1 is 1.00 bits per heavy atom. The van der Waals surface area contributed by atoms with E-state index in [-0.39, 0.29) is 11.9 Å². The van der Waals surface area contributed by atoms with Gasteiger partial charge in [0.1, 0.15) is 6.04 Å². The highest BCUT2D eigenvalue weighted by Crippen LogP contribution is 2.60. The third-order valence-electron chi connectivity index (χ3n) is 7.57. The Hall–Kier alpha value is -2.80. The van der Waals surface area contributed by atoms with Crippen molar-refractivity contribution in [3.63, 3.8) is 0 Å². The van der Waals surface area contributed by atoms with Crippen molar-refractivity contribution in [1.82, 2.24) is 0 Å². The van der Waals surface area contributed by atoms with Gasteiger partial charge >= 0.3 is 0 Å². The highest BCUT2D eigenvalue weighted by Gasteiger charge is 2.51. The number of benzene rings is 2. The van der Waals surface area contributed by atoms with Gasteiger partial charge in [0.2, 0.25) is 5.91 Å². The first-order chi connectivity index (χ1) is 14.5. The quantitative estimate of drug-likeness (QED) is 0.701. The summed E-state index contributed by atoms with van der Waals surface area (Å²) in [5.41, 5.74) is 4.05. The van der Waals surface area contributed by atoms with Crippen LogP contribution in [0.1, 0.15) is 56.6 Å². The first kappa shape index (κ1) is 19.2. The van der Waals surface area contributed by atoms with Crippen LogP contribution in [-0.4, -0.2) is 11.9 Å². The van der Waals surface area contributed by atoms with Crippen molar-refractivity contribution >= 4 is 17.3 Å². The zero-order valence-electron chi connectivity index (χ0n) is 17.5. The van der Waals surface area contributed by atoms with Crippen molar-refractivity contribution in [2.24, 2.45) is 17.8 Å². The second-order valence-corrected chi connectivity index (χ2v) is 9.82. The molecule has 1 atom stereocenters. The van der Waals surface area contributed by atoms with Crippen LogP contribution >= 0.6 is 0 Å². The van der Waals surface area contributed by atoms with Crippen molar-refractivity contribution in [1.29, 1.82) is 5.26 Å². The van der Waals surface area contributed by atoms with Gasteiger partial charge < -0.3 is 10.6 Å². The Kier molecular flexibility index (Phi) is 4.77. The Bertz CT molecular complexity index is 953. The molecule has 2 aromatic rings. The van der Waals surface area contributed by atoms with E-state index in [0.717, 1.165) is 23.4 Å². The third kappa shape index (κ3) is 3.58. The number of rotatable bonds is 5. The van der Waals surface area contributed by atoms with Crippen molar-refractivity contribution in [3.05, 3.63) is 59.7 Å². The normalized spacial score (nSPS) is 29.8. The molecule has 0 saturated heterocycles. The molecular weight excluding hydrogens is 370 g/mol.